The van der Waals surface area contributed by atoms with Crippen molar-refractivity contribution < 1.29 is 12.8 Å². The number of hydrogen-bond acceptors (Lipinski definition) is 3. The van der Waals surface area contributed by atoms with Crippen molar-refractivity contribution in [2.75, 3.05) is 19.1 Å². The Morgan fingerprint density at radius 3 is 2.56 bits per heavy atom. The van der Waals surface area contributed by atoms with Crippen molar-refractivity contribution in [1.29, 1.82) is 0 Å². The van der Waals surface area contributed by atoms with Gasteiger partial charge in [-0.3, -0.25) is 0 Å². The Hall–Kier alpha value is -0.940. The fourth-order valence-corrected chi connectivity index (χ4v) is 2.51. The molecular weight excluding hydrogens is 229 g/mol. The van der Waals surface area contributed by atoms with Crippen LogP contribution in [0.4, 0.5) is 4.39 Å². The van der Waals surface area contributed by atoms with Gasteiger partial charge in [-0.05, 0) is 20.0 Å². The molecule has 0 aromatic heterocycles. The normalized spacial score (nSPS) is 13.8. The van der Waals surface area contributed by atoms with Gasteiger partial charge in [-0.25, -0.2) is 12.8 Å². The standard InChI is InChI=1S/C11H16FNO2S/c1-8-4-5-10(12)9(6-8)11(13-2)7-16(3,14)15/h4-6,11,13H,7H2,1-3H3. The van der Waals surface area contributed by atoms with E-state index in [0.29, 0.717) is 5.56 Å². The van der Waals surface area contributed by atoms with Gasteiger partial charge in [0.1, 0.15) is 15.7 Å². The molecule has 1 N–H and O–H groups in total. The van der Waals surface area contributed by atoms with E-state index in [9.17, 15) is 12.8 Å². The van der Waals surface area contributed by atoms with E-state index in [-0.39, 0.29) is 11.6 Å². The summed E-state index contributed by atoms with van der Waals surface area (Å²) in [6.45, 7) is 1.84. The van der Waals surface area contributed by atoms with Crippen molar-refractivity contribution in [1.82, 2.24) is 5.32 Å². The van der Waals surface area contributed by atoms with Crippen LogP contribution in [-0.4, -0.2) is 27.5 Å². The zero-order chi connectivity index (χ0) is 12.3. The summed E-state index contributed by atoms with van der Waals surface area (Å²) in [5.41, 5.74) is 1.30. The maximum atomic E-state index is 13.5. The highest BCUT2D eigenvalue weighted by Crippen LogP contribution is 2.19. The van der Waals surface area contributed by atoms with Gasteiger partial charge in [0.25, 0.3) is 0 Å². The Kier molecular flexibility index (Phi) is 4.04. The van der Waals surface area contributed by atoms with Crippen LogP contribution in [0, 0.1) is 12.7 Å². The van der Waals surface area contributed by atoms with Crippen LogP contribution in [0.3, 0.4) is 0 Å². The third kappa shape index (κ3) is 3.57. The minimum atomic E-state index is -3.14. The Morgan fingerprint density at radius 2 is 2.06 bits per heavy atom. The molecule has 0 heterocycles. The van der Waals surface area contributed by atoms with Crippen molar-refractivity contribution in [3.63, 3.8) is 0 Å². The lowest BCUT2D eigenvalue weighted by Crippen LogP contribution is -2.25. The molecule has 1 aromatic carbocycles. The summed E-state index contributed by atoms with van der Waals surface area (Å²) in [7, 11) is -1.52. The largest absolute Gasteiger partial charge is 0.312 e. The molecule has 5 heteroatoms. The number of nitrogens with one attached hydrogen (secondary N) is 1. The summed E-state index contributed by atoms with van der Waals surface area (Å²) in [6.07, 6.45) is 1.14. The van der Waals surface area contributed by atoms with Crippen LogP contribution in [0.2, 0.25) is 0 Å². The van der Waals surface area contributed by atoms with Crippen molar-refractivity contribution in [2.24, 2.45) is 0 Å². The smallest absolute Gasteiger partial charge is 0.149 e. The molecule has 0 aliphatic carbocycles. The van der Waals surface area contributed by atoms with Gasteiger partial charge < -0.3 is 5.32 Å². The fourth-order valence-electron chi connectivity index (χ4n) is 1.56. The molecule has 1 rings (SSSR count). The zero-order valence-electron chi connectivity index (χ0n) is 9.62. The molecular formula is C11H16FNO2S. The summed E-state index contributed by atoms with van der Waals surface area (Å²) in [5, 5.41) is 2.82. The molecule has 90 valence electrons. The molecule has 0 bridgehead atoms. The van der Waals surface area contributed by atoms with Crippen LogP contribution >= 0.6 is 0 Å². The van der Waals surface area contributed by atoms with E-state index in [1.807, 2.05) is 6.92 Å². The number of rotatable bonds is 4. The first-order valence-electron chi connectivity index (χ1n) is 4.94. The Morgan fingerprint density at radius 1 is 1.44 bits per heavy atom. The van der Waals surface area contributed by atoms with Gasteiger partial charge in [0.15, 0.2) is 0 Å². The molecule has 0 radical (unpaired) electrons. The summed E-state index contributed by atoms with van der Waals surface area (Å²) >= 11 is 0. The summed E-state index contributed by atoms with van der Waals surface area (Å²) in [4.78, 5) is 0. The molecule has 0 saturated heterocycles. The van der Waals surface area contributed by atoms with Crippen molar-refractivity contribution in [3.05, 3.63) is 35.1 Å². The van der Waals surface area contributed by atoms with Crippen LogP contribution in [0.15, 0.2) is 18.2 Å². The van der Waals surface area contributed by atoms with E-state index in [1.54, 1.807) is 19.2 Å². The quantitative estimate of drug-likeness (QED) is 0.873. The number of hydrogen-bond donors (Lipinski definition) is 1. The van der Waals surface area contributed by atoms with Crippen LogP contribution in [0.1, 0.15) is 17.2 Å². The highest BCUT2D eigenvalue weighted by Gasteiger charge is 2.18. The van der Waals surface area contributed by atoms with E-state index in [1.165, 1.54) is 6.07 Å². The summed E-state index contributed by atoms with van der Waals surface area (Å²) in [6, 6.07) is 4.18. The maximum absolute atomic E-state index is 13.5. The minimum Gasteiger partial charge on any atom is -0.312 e. The average molecular weight is 245 g/mol. The molecule has 0 fully saturated rings. The SMILES string of the molecule is CNC(CS(C)(=O)=O)c1cc(C)ccc1F. The Labute approximate surface area is 95.6 Å². The third-order valence-corrected chi connectivity index (χ3v) is 3.28. The van der Waals surface area contributed by atoms with Crippen LogP contribution in [0.5, 0.6) is 0 Å². The van der Waals surface area contributed by atoms with Crippen molar-refractivity contribution >= 4 is 9.84 Å². The van der Waals surface area contributed by atoms with Gasteiger partial charge in [0.2, 0.25) is 0 Å². The molecule has 3 nitrogen and oxygen atoms in total. The fraction of sp³-hybridized carbons (Fsp3) is 0.455. The molecule has 16 heavy (non-hydrogen) atoms. The topological polar surface area (TPSA) is 46.2 Å². The number of benzene rings is 1. The van der Waals surface area contributed by atoms with E-state index in [2.05, 4.69) is 5.32 Å². The third-order valence-electron chi connectivity index (χ3n) is 2.34. The molecule has 0 saturated carbocycles. The van der Waals surface area contributed by atoms with Gasteiger partial charge in [0, 0.05) is 17.9 Å². The van der Waals surface area contributed by atoms with Crippen LogP contribution < -0.4 is 5.32 Å². The van der Waals surface area contributed by atoms with E-state index in [4.69, 9.17) is 0 Å². The monoisotopic (exact) mass is 245 g/mol. The molecule has 1 atom stereocenters. The number of aryl methyl sites for hydroxylation is 1. The second-order valence-corrected chi connectivity index (χ2v) is 6.14. The van der Waals surface area contributed by atoms with Gasteiger partial charge >= 0.3 is 0 Å². The first-order valence-corrected chi connectivity index (χ1v) is 7.00. The van der Waals surface area contributed by atoms with Crippen LogP contribution in [0.25, 0.3) is 0 Å². The highest BCUT2D eigenvalue weighted by molar-refractivity contribution is 7.90. The van der Waals surface area contributed by atoms with Crippen molar-refractivity contribution in [2.45, 2.75) is 13.0 Å². The predicted octanol–water partition coefficient (Wildman–Crippen LogP) is 1.44. The van der Waals surface area contributed by atoms with Crippen LogP contribution in [-0.2, 0) is 9.84 Å². The van der Waals surface area contributed by atoms with Gasteiger partial charge in [-0.2, -0.15) is 0 Å². The molecule has 0 spiro atoms. The van der Waals surface area contributed by atoms with Gasteiger partial charge in [-0.1, -0.05) is 17.7 Å². The number of sulfone groups is 1. The van der Waals surface area contributed by atoms with E-state index >= 15 is 0 Å². The first kappa shape index (κ1) is 13.1. The summed E-state index contributed by atoms with van der Waals surface area (Å²) < 4.78 is 36.0. The molecule has 0 amide bonds. The lowest BCUT2D eigenvalue weighted by atomic mass is 10.1. The molecule has 1 unspecified atom stereocenters. The Bertz CT molecular complexity index is 471. The number of halogens is 1. The van der Waals surface area contributed by atoms with Crippen molar-refractivity contribution in [3.8, 4) is 0 Å². The second kappa shape index (κ2) is 4.93. The Balaban J connectivity index is 3.08. The van der Waals surface area contributed by atoms with Gasteiger partial charge in [-0.15, -0.1) is 0 Å². The van der Waals surface area contributed by atoms with E-state index in [0.717, 1.165) is 11.8 Å². The average Bonchev–Trinajstić information content (AvgIpc) is 2.17. The molecule has 0 aliphatic heterocycles. The van der Waals surface area contributed by atoms with Gasteiger partial charge in [0.05, 0.1) is 5.75 Å². The first-order chi connectivity index (χ1) is 7.33. The molecule has 0 aliphatic rings. The minimum absolute atomic E-state index is 0.107. The second-order valence-electron chi connectivity index (χ2n) is 3.96. The van der Waals surface area contributed by atoms with E-state index < -0.39 is 15.9 Å². The highest BCUT2D eigenvalue weighted by atomic mass is 32.2. The predicted molar refractivity (Wildman–Crippen MR) is 62.6 cm³/mol. The summed E-state index contributed by atoms with van der Waals surface area (Å²) in [5.74, 6) is -0.488. The molecule has 1 aromatic rings. The maximum Gasteiger partial charge on any atom is 0.149 e. The zero-order valence-corrected chi connectivity index (χ0v) is 10.4. The lowest BCUT2D eigenvalue weighted by Gasteiger charge is -2.16. The lowest BCUT2D eigenvalue weighted by molar-refractivity contribution is 0.549.